The molecule has 1 aromatic carbocycles. The fourth-order valence-electron chi connectivity index (χ4n) is 4.01. The number of phenols is 1. The molecule has 0 fully saturated rings. The molecule has 3 nitrogen and oxygen atoms in total. The van der Waals surface area contributed by atoms with Crippen molar-refractivity contribution in [3.05, 3.63) is 54.1 Å². The van der Waals surface area contributed by atoms with Gasteiger partial charge in [-0.1, -0.05) is 62.1 Å². The van der Waals surface area contributed by atoms with Gasteiger partial charge in [-0.3, -0.25) is 4.79 Å². The Kier molecular flexibility index (Phi) is 10.5. The smallest absolute Gasteiger partial charge is 0.303 e. The van der Waals surface area contributed by atoms with Crippen molar-refractivity contribution >= 4 is 5.97 Å². The monoisotopic (exact) mass is 384 g/mol. The number of hydrogen-bond donors (Lipinski definition) is 2. The molecule has 0 bridgehead atoms. The molecule has 0 heterocycles. The van der Waals surface area contributed by atoms with Crippen LogP contribution in [0.1, 0.15) is 76.2 Å². The molecule has 2 rings (SSSR count). The van der Waals surface area contributed by atoms with Crippen LogP contribution in [0.3, 0.4) is 0 Å². The summed E-state index contributed by atoms with van der Waals surface area (Å²) in [5, 5.41) is 18.2. The van der Waals surface area contributed by atoms with Crippen LogP contribution in [-0.4, -0.2) is 16.2 Å². The van der Waals surface area contributed by atoms with Crippen LogP contribution in [0.2, 0.25) is 0 Å². The van der Waals surface area contributed by atoms with E-state index in [1.807, 2.05) is 18.2 Å². The Bertz CT molecular complexity index is 615. The van der Waals surface area contributed by atoms with E-state index in [9.17, 15) is 9.90 Å². The molecule has 3 heteroatoms. The minimum absolute atomic E-state index is 0.204. The molecule has 0 amide bonds. The summed E-state index contributed by atoms with van der Waals surface area (Å²) in [6.45, 7) is 0. The molecule has 0 aliphatic heterocycles. The summed E-state index contributed by atoms with van der Waals surface area (Å²) in [4.78, 5) is 10.6. The number of benzene rings is 1. The summed E-state index contributed by atoms with van der Waals surface area (Å²) < 4.78 is 0. The third kappa shape index (κ3) is 9.77. The molecule has 0 saturated heterocycles. The van der Waals surface area contributed by atoms with Crippen molar-refractivity contribution in [1.82, 2.24) is 0 Å². The van der Waals surface area contributed by atoms with E-state index in [0.29, 0.717) is 18.1 Å². The number of carboxylic acid groups (broad SMARTS) is 1. The number of allylic oxidation sites excluding steroid dienone is 4. The third-order valence-electron chi connectivity index (χ3n) is 5.67. The second-order valence-corrected chi connectivity index (χ2v) is 8.13. The Hall–Kier alpha value is -2.03. The van der Waals surface area contributed by atoms with Crippen LogP contribution in [0.25, 0.3) is 0 Å². The van der Waals surface area contributed by atoms with Gasteiger partial charge in [0.05, 0.1) is 0 Å². The standard InChI is InChI=1S/C25H36O3/c26-24-18-16-23(17-19-24)20-22(14-6-3-7-15-25(27)28)13-5-2-1-4-10-21-11-8-9-12-21/h3,6,8,11,16-19,21-22,26H,1-2,4-5,7,9-10,12-15,20H2,(H,27,28)/t21-,22-/m0/s1. The molecule has 1 aliphatic rings. The van der Waals surface area contributed by atoms with Gasteiger partial charge in [-0.15, -0.1) is 0 Å². The molecule has 0 spiro atoms. The van der Waals surface area contributed by atoms with Crippen LogP contribution < -0.4 is 0 Å². The van der Waals surface area contributed by atoms with Gasteiger partial charge >= 0.3 is 5.97 Å². The van der Waals surface area contributed by atoms with Crippen molar-refractivity contribution in [3.63, 3.8) is 0 Å². The summed E-state index contributed by atoms with van der Waals surface area (Å²) in [5.74, 6) is 0.978. The van der Waals surface area contributed by atoms with Crippen molar-refractivity contribution < 1.29 is 15.0 Å². The van der Waals surface area contributed by atoms with Gasteiger partial charge in [-0.05, 0) is 74.5 Å². The van der Waals surface area contributed by atoms with Gasteiger partial charge in [0.25, 0.3) is 0 Å². The second kappa shape index (κ2) is 13.2. The summed E-state index contributed by atoms with van der Waals surface area (Å²) in [6.07, 6.45) is 22.1. The summed E-state index contributed by atoms with van der Waals surface area (Å²) >= 11 is 0. The molecule has 0 saturated carbocycles. The maximum Gasteiger partial charge on any atom is 0.303 e. The SMILES string of the molecule is O=C(O)CCC=CC[C@H](CCCCCC[C@H]1C=CCC1)Cc1ccc(O)cc1. The molecule has 0 aromatic heterocycles. The van der Waals surface area contributed by atoms with E-state index in [4.69, 9.17) is 5.11 Å². The van der Waals surface area contributed by atoms with E-state index < -0.39 is 5.97 Å². The lowest BCUT2D eigenvalue weighted by molar-refractivity contribution is -0.136. The molecule has 28 heavy (non-hydrogen) atoms. The summed E-state index contributed by atoms with van der Waals surface area (Å²) in [5.41, 5.74) is 1.26. The Balaban J connectivity index is 1.70. The maximum atomic E-state index is 10.6. The van der Waals surface area contributed by atoms with Gasteiger partial charge in [0.1, 0.15) is 5.75 Å². The molecule has 154 valence electrons. The van der Waals surface area contributed by atoms with Crippen LogP contribution in [0.4, 0.5) is 0 Å². The van der Waals surface area contributed by atoms with Crippen molar-refractivity contribution in [3.8, 4) is 5.75 Å². The topological polar surface area (TPSA) is 57.5 Å². The van der Waals surface area contributed by atoms with Crippen molar-refractivity contribution in [2.75, 3.05) is 0 Å². The number of aliphatic carboxylic acids is 1. The van der Waals surface area contributed by atoms with E-state index in [1.165, 1.54) is 56.9 Å². The fourth-order valence-corrected chi connectivity index (χ4v) is 4.01. The lowest BCUT2D eigenvalue weighted by Gasteiger charge is -2.16. The Morgan fingerprint density at radius 2 is 1.89 bits per heavy atom. The Labute approximate surface area is 170 Å². The van der Waals surface area contributed by atoms with Crippen LogP contribution >= 0.6 is 0 Å². The summed E-state index contributed by atoms with van der Waals surface area (Å²) in [7, 11) is 0. The zero-order chi connectivity index (χ0) is 20.0. The first-order chi connectivity index (χ1) is 13.6. The lowest BCUT2D eigenvalue weighted by atomic mass is 9.90. The van der Waals surface area contributed by atoms with Crippen molar-refractivity contribution in [1.29, 1.82) is 0 Å². The van der Waals surface area contributed by atoms with E-state index in [2.05, 4.69) is 18.2 Å². The van der Waals surface area contributed by atoms with Crippen molar-refractivity contribution in [2.45, 2.75) is 77.0 Å². The zero-order valence-electron chi connectivity index (χ0n) is 17.1. The highest BCUT2D eigenvalue weighted by Gasteiger charge is 2.10. The highest BCUT2D eigenvalue weighted by molar-refractivity contribution is 5.66. The maximum absolute atomic E-state index is 10.6. The molecule has 2 N–H and O–H groups in total. The number of carbonyl (C=O) groups is 1. The molecule has 1 aromatic rings. The van der Waals surface area contributed by atoms with Gasteiger partial charge in [0, 0.05) is 6.42 Å². The van der Waals surface area contributed by atoms with E-state index in [0.717, 1.165) is 18.8 Å². The highest BCUT2D eigenvalue weighted by Crippen LogP contribution is 2.25. The third-order valence-corrected chi connectivity index (χ3v) is 5.67. The first kappa shape index (κ1) is 22.3. The van der Waals surface area contributed by atoms with Crippen molar-refractivity contribution in [2.24, 2.45) is 11.8 Å². The number of carboxylic acids is 1. The molecule has 0 unspecified atom stereocenters. The largest absolute Gasteiger partial charge is 0.508 e. The Morgan fingerprint density at radius 3 is 2.61 bits per heavy atom. The molecular weight excluding hydrogens is 348 g/mol. The van der Waals surface area contributed by atoms with Crippen LogP contribution in [0.15, 0.2) is 48.6 Å². The van der Waals surface area contributed by atoms with Gasteiger partial charge in [0.2, 0.25) is 0 Å². The second-order valence-electron chi connectivity index (χ2n) is 8.13. The van der Waals surface area contributed by atoms with E-state index in [-0.39, 0.29) is 6.42 Å². The van der Waals surface area contributed by atoms with E-state index in [1.54, 1.807) is 12.1 Å². The average molecular weight is 385 g/mol. The quantitative estimate of drug-likeness (QED) is 0.278. The van der Waals surface area contributed by atoms with Crippen LogP contribution in [0, 0.1) is 11.8 Å². The predicted octanol–water partition coefficient (Wildman–Crippen LogP) is 6.67. The lowest BCUT2D eigenvalue weighted by Crippen LogP contribution is -2.04. The molecule has 2 atom stereocenters. The molecule has 0 radical (unpaired) electrons. The summed E-state index contributed by atoms with van der Waals surface area (Å²) in [6, 6.07) is 7.52. The zero-order valence-corrected chi connectivity index (χ0v) is 17.1. The number of aromatic hydroxyl groups is 1. The minimum atomic E-state index is -0.738. The minimum Gasteiger partial charge on any atom is -0.508 e. The first-order valence-corrected chi connectivity index (χ1v) is 10.9. The average Bonchev–Trinajstić information content (AvgIpc) is 3.19. The van der Waals surface area contributed by atoms with Gasteiger partial charge in [-0.2, -0.15) is 0 Å². The molecular formula is C25H36O3. The normalized spacial score (nSPS) is 17.4. The van der Waals surface area contributed by atoms with Gasteiger partial charge < -0.3 is 10.2 Å². The number of phenolic OH excluding ortho intramolecular Hbond substituents is 1. The Morgan fingerprint density at radius 1 is 1.11 bits per heavy atom. The fraction of sp³-hybridized carbons (Fsp3) is 0.560. The van der Waals surface area contributed by atoms with Crippen LogP contribution in [0.5, 0.6) is 5.75 Å². The number of unbranched alkanes of at least 4 members (excludes halogenated alkanes) is 3. The van der Waals surface area contributed by atoms with Gasteiger partial charge in [0.15, 0.2) is 0 Å². The number of hydrogen-bond acceptors (Lipinski definition) is 2. The highest BCUT2D eigenvalue weighted by atomic mass is 16.4. The number of rotatable bonds is 14. The van der Waals surface area contributed by atoms with E-state index >= 15 is 0 Å². The van der Waals surface area contributed by atoms with Crippen LogP contribution in [-0.2, 0) is 11.2 Å². The van der Waals surface area contributed by atoms with Gasteiger partial charge in [-0.25, -0.2) is 0 Å². The first-order valence-electron chi connectivity index (χ1n) is 10.9. The predicted molar refractivity (Wildman–Crippen MR) is 115 cm³/mol. The molecule has 1 aliphatic carbocycles.